The third-order valence-corrected chi connectivity index (χ3v) is 3.79. The number of rotatable bonds is 7. The summed E-state index contributed by atoms with van der Waals surface area (Å²) >= 11 is 0. The van der Waals surface area contributed by atoms with Crippen LogP contribution in [0.2, 0.25) is 0 Å². The monoisotopic (exact) mass is 397 g/mol. The molecule has 0 spiro atoms. The molecule has 0 fully saturated rings. The Labute approximate surface area is 168 Å². The predicted octanol–water partition coefficient (Wildman–Crippen LogP) is 2.32. The van der Waals surface area contributed by atoms with Crippen molar-refractivity contribution >= 4 is 29.5 Å². The minimum absolute atomic E-state index is 0.0713. The molecule has 0 bridgehead atoms. The van der Waals surface area contributed by atoms with Gasteiger partial charge in [-0.25, -0.2) is 4.79 Å². The summed E-state index contributed by atoms with van der Waals surface area (Å²) in [6.45, 7) is 3.47. The van der Waals surface area contributed by atoms with Crippen LogP contribution < -0.4 is 16.0 Å². The first-order valence-electron chi connectivity index (χ1n) is 9.08. The number of amides is 4. The first-order chi connectivity index (χ1) is 13.9. The number of nitrogens with one attached hydrogen (secondary N) is 3. The van der Waals surface area contributed by atoms with E-state index in [4.69, 9.17) is 4.74 Å². The van der Waals surface area contributed by atoms with E-state index in [0.29, 0.717) is 23.4 Å². The first-order valence-corrected chi connectivity index (χ1v) is 9.08. The summed E-state index contributed by atoms with van der Waals surface area (Å²) in [6.07, 6.45) is -1.33. The highest BCUT2D eigenvalue weighted by Crippen LogP contribution is 2.19. The zero-order chi connectivity index (χ0) is 21.2. The fraction of sp³-hybridized carbons (Fsp3) is 0.238. The average molecular weight is 397 g/mol. The van der Waals surface area contributed by atoms with Crippen LogP contribution in [0.15, 0.2) is 54.6 Å². The topological polar surface area (TPSA) is 114 Å². The zero-order valence-corrected chi connectivity index (χ0v) is 16.2. The largest absolute Gasteiger partial charge is 0.447 e. The molecule has 0 heterocycles. The van der Waals surface area contributed by atoms with Gasteiger partial charge in [-0.05, 0) is 24.6 Å². The van der Waals surface area contributed by atoms with Crippen LogP contribution in [-0.2, 0) is 25.5 Å². The Hall–Kier alpha value is -3.68. The average Bonchev–Trinajstić information content (AvgIpc) is 2.68. The summed E-state index contributed by atoms with van der Waals surface area (Å²) in [5.41, 5.74) is 1.71. The fourth-order valence-electron chi connectivity index (χ4n) is 2.53. The smallest absolute Gasteiger partial charge is 0.321 e. The van der Waals surface area contributed by atoms with E-state index < -0.39 is 24.0 Å². The van der Waals surface area contributed by atoms with Crippen LogP contribution in [0.25, 0.3) is 0 Å². The van der Waals surface area contributed by atoms with Crippen LogP contribution in [0.3, 0.4) is 0 Å². The molecule has 1 atom stereocenters. The zero-order valence-electron chi connectivity index (χ0n) is 16.2. The Kier molecular flexibility index (Phi) is 7.90. The summed E-state index contributed by atoms with van der Waals surface area (Å²) in [4.78, 5) is 47.6. The van der Waals surface area contributed by atoms with Gasteiger partial charge in [0.2, 0.25) is 12.0 Å². The maximum Gasteiger partial charge on any atom is 0.321 e. The Bertz CT molecular complexity index is 866. The number of ether oxygens (including phenoxy) is 1. The first kappa shape index (κ1) is 21.6. The molecule has 152 valence electrons. The van der Waals surface area contributed by atoms with Gasteiger partial charge in [0.15, 0.2) is 0 Å². The Balaban J connectivity index is 2.07. The molecule has 0 unspecified atom stereocenters. The molecular weight excluding hydrogens is 374 g/mol. The summed E-state index contributed by atoms with van der Waals surface area (Å²) in [7, 11) is 0. The van der Waals surface area contributed by atoms with Crippen LogP contribution in [0, 0.1) is 0 Å². The quantitative estimate of drug-likeness (QED) is 0.621. The van der Waals surface area contributed by atoms with E-state index in [1.165, 1.54) is 6.92 Å². The van der Waals surface area contributed by atoms with Gasteiger partial charge < -0.3 is 15.4 Å². The van der Waals surface area contributed by atoms with Crippen molar-refractivity contribution in [2.75, 3.05) is 11.9 Å². The van der Waals surface area contributed by atoms with Crippen LogP contribution in [-0.4, -0.2) is 30.4 Å². The number of urea groups is 1. The van der Waals surface area contributed by atoms with E-state index in [1.54, 1.807) is 61.5 Å². The maximum absolute atomic E-state index is 12.5. The second-order valence-corrected chi connectivity index (χ2v) is 6.18. The lowest BCUT2D eigenvalue weighted by molar-refractivity contribution is -0.155. The van der Waals surface area contributed by atoms with Crippen molar-refractivity contribution in [2.24, 2.45) is 0 Å². The van der Waals surface area contributed by atoms with Gasteiger partial charge in [-0.1, -0.05) is 42.5 Å². The molecule has 0 aliphatic carbocycles. The summed E-state index contributed by atoms with van der Waals surface area (Å²) < 4.78 is 5.38. The number of carbonyl (C=O) groups excluding carboxylic acids is 4. The van der Waals surface area contributed by atoms with Gasteiger partial charge in [0.25, 0.3) is 5.91 Å². The highest BCUT2D eigenvalue weighted by atomic mass is 16.5. The third kappa shape index (κ3) is 7.10. The van der Waals surface area contributed by atoms with Gasteiger partial charge in [-0.2, -0.15) is 0 Å². The number of imide groups is 1. The molecule has 2 aromatic carbocycles. The van der Waals surface area contributed by atoms with E-state index in [-0.39, 0.29) is 12.3 Å². The molecule has 2 aromatic rings. The van der Waals surface area contributed by atoms with Gasteiger partial charge in [0.05, 0.1) is 6.42 Å². The number of carbonyl (C=O) groups is 4. The van der Waals surface area contributed by atoms with E-state index in [0.717, 1.165) is 0 Å². The van der Waals surface area contributed by atoms with Gasteiger partial charge in [0, 0.05) is 24.7 Å². The van der Waals surface area contributed by atoms with Gasteiger partial charge in [-0.3, -0.25) is 19.7 Å². The second kappa shape index (κ2) is 10.6. The molecule has 29 heavy (non-hydrogen) atoms. The molecule has 0 saturated carbocycles. The van der Waals surface area contributed by atoms with Crippen LogP contribution in [0.4, 0.5) is 10.5 Å². The standard InChI is InChI=1S/C21H23N3O5/c1-3-22-21(28)24-20(27)19(16-7-5-4-6-8-16)29-18(26)13-15-9-11-17(12-10-15)23-14(2)25/h4-12,19H,3,13H2,1-2H3,(H,23,25)(H2,22,24,27,28)/t19-/m0/s1. The van der Waals surface area contributed by atoms with Crippen molar-refractivity contribution in [2.45, 2.75) is 26.4 Å². The molecule has 3 N–H and O–H groups in total. The highest BCUT2D eigenvalue weighted by molar-refractivity contribution is 5.97. The maximum atomic E-state index is 12.5. The lowest BCUT2D eigenvalue weighted by Crippen LogP contribution is -2.42. The Morgan fingerprint density at radius 1 is 0.966 bits per heavy atom. The van der Waals surface area contributed by atoms with Crippen molar-refractivity contribution in [3.05, 3.63) is 65.7 Å². The molecule has 4 amide bonds. The number of anilines is 1. The molecule has 0 aliphatic heterocycles. The number of esters is 1. The van der Waals surface area contributed by atoms with Crippen LogP contribution in [0.1, 0.15) is 31.1 Å². The van der Waals surface area contributed by atoms with Gasteiger partial charge in [0.1, 0.15) is 0 Å². The van der Waals surface area contributed by atoms with Crippen molar-refractivity contribution in [3.63, 3.8) is 0 Å². The number of benzene rings is 2. The molecule has 0 aromatic heterocycles. The fourth-order valence-corrected chi connectivity index (χ4v) is 2.53. The Morgan fingerprint density at radius 3 is 2.21 bits per heavy atom. The van der Waals surface area contributed by atoms with Crippen molar-refractivity contribution < 1.29 is 23.9 Å². The molecule has 8 heteroatoms. The Morgan fingerprint density at radius 2 is 1.62 bits per heavy atom. The second-order valence-electron chi connectivity index (χ2n) is 6.18. The summed E-state index contributed by atoms with van der Waals surface area (Å²) in [5, 5.41) is 7.26. The molecule has 2 rings (SSSR count). The highest BCUT2D eigenvalue weighted by Gasteiger charge is 2.26. The van der Waals surface area contributed by atoms with Gasteiger partial charge in [-0.15, -0.1) is 0 Å². The van der Waals surface area contributed by atoms with Crippen molar-refractivity contribution in [1.82, 2.24) is 10.6 Å². The molecule has 0 aliphatic rings. The minimum atomic E-state index is -1.26. The molecule has 0 radical (unpaired) electrons. The lowest BCUT2D eigenvalue weighted by Gasteiger charge is -2.18. The predicted molar refractivity (Wildman–Crippen MR) is 107 cm³/mol. The third-order valence-electron chi connectivity index (χ3n) is 3.79. The van der Waals surface area contributed by atoms with E-state index >= 15 is 0 Å². The van der Waals surface area contributed by atoms with E-state index in [2.05, 4.69) is 16.0 Å². The molecule has 8 nitrogen and oxygen atoms in total. The SMILES string of the molecule is CCNC(=O)NC(=O)[C@@H](OC(=O)Cc1ccc(NC(C)=O)cc1)c1ccccc1. The molecular formula is C21H23N3O5. The minimum Gasteiger partial charge on any atom is -0.447 e. The summed E-state index contributed by atoms with van der Waals surface area (Å²) in [5.74, 6) is -1.56. The molecule has 0 saturated heterocycles. The van der Waals surface area contributed by atoms with E-state index in [1.807, 2.05) is 0 Å². The lowest BCUT2D eigenvalue weighted by atomic mass is 10.1. The normalized spacial score (nSPS) is 11.1. The number of hydrogen-bond acceptors (Lipinski definition) is 5. The van der Waals surface area contributed by atoms with Crippen molar-refractivity contribution in [3.8, 4) is 0 Å². The van der Waals surface area contributed by atoms with E-state index in [9.17, 15) is 19.2 Å². The summed E-state index contributed by atoms with van der Waals surface area (Å²) in [6, 6.07) is 14.5. The van der Waals surface area contributed by atoms with Crippen LogP contribution >= 0.6 is 0 Å². The number of hydrogen-bond donors (Lipinski definition) is 3. The van der Waals surface area contributed by atoms with Crippen LogP contribution in [0.5, 0.6) is 0 Å². The van der Waals surface area contributed by atoms with Crippen molar-refractivity contribution in [1.29, 1.82) is 0 Å². The van der Waals surface area contributed by atoms with Gasteiger partial charge >= 0.3 is 12.0 Å².